The quantitative estimate of drug-likeness (QED) is 0.526. The molecule has 0 unspecified atom stereocenters. The molecule has 0 aliphatic carbocycles. The molecule has 0 bridgehead atoms. The van der Waals surface area contributed by atoms with Gasteiger partial charge in [-0.1, -0.05) is 19.6 Å². The maximum Gasteiger partial charge on any atom is 0.241 e. The number of nitrogens with zero attached hydrogens (tertiary/aromatic N) is 2. The molecule has 1 aromatic carbocycles. The van der Waals surface area contributed by atoms with Gasteiger partial charge in [0.15, 0.2) is 9.84 Å². The van der Waals surface area contributed by atoms with Crippen molar-refractivity contribution in [1.29, 1.82) is 0 Å². The molecule has 0 spiro atoms. The zero-order valence-corrected chi connectivity index (χ0v) is 17.0. The van der Waals surface area contributed by atoms with Gasteiger partial charge in [0.05, 0.1) is 15.8 Å². The minimum atomic E-state index is -3.51. The van der Waals surface area contributed by atoms with Gasteiger partial charge in [0.2, 0.25) is 5.95 Å². The number of hydrogen-bond acceptors (Lipinski definition) is 4. The van der Waals surface area contributed by atoms with Crippen LogP contribution >= 0.6 is 15.9 Å². The van der Waals surface area contributed by atoms with Crippen LogP contribution in [0.4, 0.5) is 4.39 Å². The predicted molar refractivity (Wildman–Crippen MR) is 94.6 cm³/mol. The van der Waals surface area contributed by atoms with Gasteiger partial charge in [-0.15, -0.1) is 5.10 Å². The zero-order valence-electron chi connectivity index (χ0n) is 13.6. The maximum absolute atomic E-state index is 14.1. The average Bonchev–Trinajstić information content (AvgIpc) is 2.71. The number of rotatable bonds is 6. The van der Waals surface area contributed by atoms with Crippen molar-refractivity contribution in [2.24, 2.45) is 0 Å². The van der Waals surface area contributed by atoms with Gasteiger partial charge in [-0.05, 0) is 34.1 Å². The Labute approximate surface area is 144 Å². The molecule has 0 aliphatic heterocycles. The first-order valence-electron chi connectivity index (χ1n) is 7.13. The molecule has 23 heavy (non-hydrogen) atoms. The van der Waals surface area contributed by atoms with Crippen LogP contribution in [0, 0.1) is 5.95 Å². The fourth-order valence-electron chi connectivity index (χ4n) is 2.13. The Kier molecular flexibility index (Phi) is 5.34. The molecule has 0 fully saturated rings. The minimum absolute atomic E-state index is 0.0177. The fraction of sp³-hybridized carbons (Fsp3) is 0.500. The third-order valence-electron chi connectivity index (χ3n) is 3.37. The van der Waals surface area contributed by atoms with Crippen LogP contribution in [-0.4, -0.2) is 39.1 Å². The van der Waals surface area contributed by atoms with E-state index < -0.39 is 23.9 Å². The normalized spacial score (nSPS) is 13.0. The van der Waals surface area contributed by atoms with Gasteiger partial charge in [-0.2, -0.15) is 4.39 Å². The van der Waals surface area contributed by atoms with Crippen LogP contribution in [0.5, 0.6) is 0 Å². The van der Waals surface area contributed by atoms with Crippen molar-refractivity contribution in [2.75, 3.05) is 12.9 Å². The number of aromatic nitrogens is 2. The number of benzene rings is 1. The summed E-state index contributed by atoms with van der Waals surface area (Å²) < 4.78 is 45.4. The van der Waals surface area contributed by atoms with Gasteiger partial charge < -0.3 is 4.74 Å². The first kappa shape index (κ1) is 18.6. The van der Waals surface area contributed by atoms with E-state index in [0.717, 1.165) is 12.3 Å². The van der Waals surface area contributed by atoms with Crippen molar-refractivity contribution in [3.8, 4) is 0 Å². The van der Waals surface area contributed by atoms with E-state index in [2.05, 4.69) is 40.7 Å². The lowest BCUT2D eigenvalue weighted by Gasteiger charge is -2.15. The highest BCUT2D eigenvalue weighted by atomic mass is 79.9. The second kappa shape index (κ2) is 6.62. The SMILES string of the molecule is C[Si](C)(C)CCOCn1nc(F)c2c(Br)ccc(S(C)(=O)=O)c21. The second-order valence-corrected chi connectivity index (χ2v) is 15.1. The van der Waals surface area contributed by atoms with E-state index >= 15 is 0 Å². The first-order valence-corrected chi connectivity index (χ1v) is 13.5. The lowest BCUT2D eigenvalue weighted by atomic mass is 10.2. The third-order valence-corrected chi connectivity index (χ3v) is 6.87. The summed E-state index contributed by atoms with van der Waals surface area (Å²) in [5.41, 5.74) is 0.229. The van der Waals surface area contributed by atoms with Crippen LogP contribution < -0.4 is 0 Å². The molecule has 0 aliphatic rings. The topological polar surface area (TPSA) is 61.2 Å². The van der Waals surface area contributed by atoms with E-state index in [1.54, 1.807) is 0 Å². The minimum Gasteiger partial charge on any atom is -0.360 e. The molecule has 9 heteroatoms. The molecular weight excluding hydrogens is 403 g/mol. The molecule has 1 aromatic heterocycles. The average molecular weight is 423 g/mol. The van der Waals surface area contributed by atoms with Crippen LogP contribution in [0.25, 0.3) is 10.9 Å². The Hall–Kier alpha value is -0.773. The van der Waals surface area contributed by atoms with Crippen molar-refractivity contribution in [3.63, 3.8) is 0 Å². The van der Waals surface area contributed by atoms with Gasteiger partial charge >= 0.3 is 0 Å². The van der Waals surface area contributed by atoms with E-state index in [4.69, 9.17) is 4.74 Å². The Morgan fingerprint density at radius 1 is 1.35 bits per heavy atom. The van der Waals surface area contributed by atoms with Gasteiger partial charge in [0.1, 0.15) is 6.73 Å². The summed E-state index contributed by atoms with van der Waals surface area (Å²) in [5, 5.41) is 3.96. The van der Waals surface area contributed by atoms with Crippen molar-refractivity contribution in [3.05, 3.63) is 22.6 Å². The van der Waals surface area contributed by atoms with Crippen molar-refractivity contribution in [2.45, 2.75) is 37.3 Å². The maximum atomic E-state index is 14.1. The van der Waals surface area contributed by atoms with Gasteiger partial charge in [0, 0.05) is 25.4 Å². The summed E-state index contributed by atoms with van der Waals surface area (Å²) in [4.78, 5) is 0.0425. The lowest BCUT2D eigenvalue weighted by Crippen LogP contribution is -2.22. The molecule has 128 valence electrons. The highest BCUT2D eigenvalue weighted by Gasteiger charge is 2.22. The molecule has 5 nitrogen and oxygen atoms in total. The van der Waals surface area contributed by atoms with E-state index in [9.17, 15) is 12.8 Å². The van der Waals surface area contributed by atoms with E-state index in [-0.39, 0.29) is 22.5 Å². The molecular formula is C14H20BrFN2O3SSi. The van der Waals surface area contributed by atoms with Crippen molar-refractivity contribution >= 4 is 44.7 Å². The molecule has 2 rings (SSSR count). The number of fused-ring (bicyclic) bond motifs is 1. The Morgan fingerprint density at radius 2 is 2.00 bits per heavy atom. The second-order valence-electron chi connectivity index (χ2n) is 6.68. The van der Waals surface area contributed by atoms with Gasteiger partial charge in [-0.3, -0.25) is 0 Å². The highest BCUT2D eigenvalue weighted by molar-refractivity contribution is 9.10. The molecule has 0 saturated heterocycles. The van der Waals surface area contributed by atoms with Gasteiger partial charge in [0.25, 0.3) is 0 Å². The van der Waals surface area contributed by atoms with Crippen LogP contribution in [0.1, 0.15) is 0 Å². The summed E-state index contributed by atoms with van der Waals surface area (Å²) in [6.45, 7) is 7.26. The molecule has 0 saturated carbocycles. The van der Waals surface area contributed by atoms with Crippen LogP contribution in [0.3, 0.4) is 0 Å². The molecule has 0 radical (unpaired) electrons. The smallest absolute Gasteiger partial charge is 0.241 e. The van der Waals surface area contributed by atoms with E-state index in [1.807, 2.05) is 0 Å². The highest BCUT2D eigenvalue weighted by Crippen LogP contribution is 2.31. The Morgan fingerprint density at radius 3 is 2.57 bits per heavy atom. The fourth-order valence-corrected chi connectivity index (χ4v) is 4.24. The first-order chi connectivity index (χ1) is 10.5. The Balaban J connectivity index is 2.39. The standard InChI is InChI=1S/C14H20BrFN2O3SSi/c1-22(19,20)11-6-5-10(15)12-13(11)18(17-14(12)16)9-21-7-8-23(2,3)4/h5-6H,7-9H2,1-4H3. The monoisotopic (exact) mass is 422 g/mol. The molecule has 0 amide bonds. The summed E-state index contributed by atoms with van der Waals surface area (Å²) in [7, 11) is -4.73. The summed E-state index contributed by atoms with van der Waals surface area (Å²) >= 11 is 3.25. The van der Waals surface area contributed by atoms with Crippen LogP contribution in [0.15, 0.2) is 21.5 Å². The van der Waals surface area contributed by atoms with E-state index in [1.165, 1.54) is 16.8 Å². The van der Waals surface area contributed by atoms with Crippen molar-refractivity contribution in [1.82, 2.24) is 9.78 Å². The number of ether oxygens (including phenoxy) is 1. The largest absolute Gasteiger partial charge is 0.360 e. The zero-order chi connectivity index (χ0) is 17.4. The molecule has 2 aromatic rings. The number of sulfone groups is 1. The summed E-state index contributed by atoms with van der Waals surface area (Å²) in [5.74, 6) is -0.717. The molecule has 0 N–H and O–H groups in total. The lowest BCUT2D eigenvalue weighted by molar-refractivity contribution is 0.0801. The van der Waals surface area contributed by atoms with Crippen molar-refractivity contribution < 1.29 is 17.5 Å². The Bertz CT molecular complexity index is 831. The van der Waals surface area contributed by atoms with Crippen LogP contribution in [0.2, 0.25) is 25.7 Å². The van der Waals surface area contributed by atoms with E-state index in [0.29, 0.717) is 11.1 Å². The third kappa shape index (κ3) is 4.40. The molecule has 0 atom stereocenters. The number of hydrogen-bond donors (Lipinski definition) is 0. The van der Waals surface area contributed by atoms with Gasteiger partial charge in [-0.25, -0.2) is 13.1 Å². The summed E-state index contributed by atoms with van der Waals surface area (Å²) in [6.07, 6.45) is 1.09. The summed E-state index contributed by atoms with van der Waals surface area (Å²) in [6, 6.07) is 3.93. The molecule has 1 heterocycles. The van der Waals surface area contributed by atoms with Crippen LogP contribution in [-0.2, 0) is 21.3 Å². The number of halogens is 2. The predicted octanol–water partition coefficient (Wildman–Crippen LogP) is 3.65.